The molecule has 1 aromatic carbocycles. The minimum absolute atomic E-state index is 0.182. The molecule has 0 amide bonds. The van der Waals surface area contributed by atoms with Crippen LogP contribution in [0.5, 0.6) is 0 Å². The molecule has 2 aromatic rings. The Morgan fingerprint density at radius 3 is 2.31 bits per heavy atom. The molecule has 0 aliphatic rings. The topological polar surface area (TPSA) is 48.0 Å². The van der Waals surface area contributed by atoms with E-state index in [-0.39, 0.29) is 15.7 Å². The zero-order chi connectivity index (χ0) is 19.7. The van der Waals surface area contributed by atoms with E-state index in [2.05, 4.69) is 9.71 Å². The smallest absolute Gasteiger partial charge is 0.418 e. The van der Waals surface area contributed by atoms with Gasteiger partial charge in [0.15, 0.2) is 0 Å². The quantitative estimate of drug-likeness (QED) is 0.654. The van der Waals surface area contributed by atoms with Crippen LogP contribution in [0.15, 0.2) is 36.5 Å². The van der Waals surface area contributed by atoms with Crippen molar-refractivity contribution in [2.24, 2.45) is 0 Å². The molecular formula is C17H17Cl2F3N2OS. The van der Waals surface area contributed by atoms with E-state index in [1.165, 1.54) is 30.5 Å². The summed E-state index contributed by atoms with van der Waals surface area (Å²) >= 11 is 10.3. The molecule has 0 saturated heterocycles. The molecule has 0 aliphatic heterocycles. The zero-order valence-corrected chi connectivity index (χ0v) is 16.5. The van der Waals surface area contributed by atoms with Crippen molar-refractivity contribution >= 4 is 34.6 Å². The second-order valence-electron chi connectivity index (χ2n) is 6.54. The van der Waals surface area contributed by atoms with Crippen LogP contribution in [0, 0.1) is 0 Å². The fourth-order valence-corrected chi connectivity index (χ4v) is 3.27. The molecule has 3 nitrogen and oxygen atoms in total. The number of rotatable bonds is 4. The van der Waals surface area contributed by atoms with E-state index >= 15 is 0 Å². The Morgan fingerprint density at radius 1 is 1.12 bits per heavy atom. The predicted octanol–water partition coefficient (Wildman–Crippen LogP) is 5.55. The number of hydrogen-bond donors (Lipinski definition) is 1. The van der Waals surface area contributed by atoms with E-state index in [0.29, 0.717) is 5.56 Å². The highest BCUT2D eigenvalue weighted by Crippen LogP contribution is 2.37. The Labute approximate surface area is 163 Å². The third-order valence-electron chi connectivity index (χ3n) is 3.48. The summed E-state index contributed by atoms with van der Waals surface area (Å²) in [5.74, 6) is 0. The monoisotopic (exact) mass is 424 g/mol. The molecule has 0 fully saturated rings. The highest BCUT2D eigenvalue weighted by atomic mass is 35.5. The summed E-state index contributed by atoms with van der Waals surface area (Å²) in [5, 5.41) is 0.449. The first-order valence-corrected chi connectivity index (χ1v) is 9.47. The second kappa shape index (κ2) is 7.94. The number of halogens is 5. The molecule has 1 aromatic heterocycles. The van der Waals surface area contributed by atoms with Crippen molar-refractivity contribution in [2.75, 3.05) is 0 Å². The number of alkyl halides is 3. The summed E-state index contributed by atoms with van der Waals surface area (Å²) in [6, 6.07) is 5.51. The molecule has 0 saturated carbocycles. The summed E-state index contributed by atoms with van der Waals surface area (Å²) in [6.45, 7) is 5.14. The molecule has 0 aliphatic carbocycles. The number of hydrogen-bond acceptors (Lipinski definition) is 3. The minimum atomic E-state index is -4.61. The highest BCUT2D eigenvalue weighted by Gasteiger charge is 2.39. The lowest BCUT2D eigenvalue weighted by molar-refractivity contribution is -0.138. The first kappa shape index (κ1) is 21.3. The summed E-state index contributed by atoms with van der Waals surface area (Å²) in [5.41, 5.74) is -0.813. The number of aromatic nitrogens is 1. The van der Waals surface area contributed by atoms with Crippen LogP contribution in [0.25, 0.3) is 0 Å². The van der Waals surface area contributed by atoms with E-state index in [1.54, 1.807) is 20.8 Å². The van der Waals surface area contributed by atoms with Crippen molar-refractivity contribution in [3.8, 4) is 0 Å². The van der Waals surface area contributed by atoms with Gasteiger partial charge in [0.25, 0.3) is 0 Å². The van der Waals surface area contributed by atoms with Crippen molar-refractivity contribution in [2.45, 2.75) is 37.7 Å². The number of benzene rings is 1. The maximum Gasteiger partial charge on any atom is 0.418 e. The molecule has 142 valence electrons. The van der Waals surface area contributed by atoms with E-state index in [4.69, 9.17) is 23.2 Å². The molecule has 0 bridgehead atoms. The first-order chi connectivity index (χ1) is 11.9. The SMILES string of the molecule is CC(C)(C)[S+]([O-])NC(c1ccc(Cl)c(Cl)c1)c1ncccc1C(F)(F)F. The van der Waals surface area contributed by atoms with Crippen LogP contribution in [-0.4, -0.2) is 14.3 Å². The molecule has 2 unspecified atom stereocenters. The third-order valence-corrected chi connectivity index (χ3v) is 5.78. The standard InChI is InChI=1S/C17H17Cl2F3N2OS/c1-16(2,3)26(25)24-14(10-6-7-12(18)13(19)9-10)15-11(17(20,21)22)5-4-8-23-15/h4-9,14,24H,1-3H3. The fourth-order valence-electron chi connectivity index (χ4n) is 2.14. The van der Waals surface area contributed by atoms with Crippen molar-refractivity contribution in [1.29, 1.82) is 0 Å². The van der Waals surface area contributed by atoms with Gasteiger partial charge in [0.2, 0.25) is 0 Å². The van der Waals surface area contributed by atoms with Gasteiger partial charge in [-0.15, -0.1) is 4.72 Å². The predicted molar refractivity (Wildman–Crippen MR) is 98.6 cm³/mol. The molecule has 1 N–H and O–H groups in total. The maximum absolute atomic E-state index is 13.4. The Bertz CT molecular complexity index is 781. The molecular weight excluding hydrogens is 408 g/mol. The van der Waals surface area contributed by atoms with Crippen molar-refractivity contribution < 1.29 is 17.7 Å². The molecule has 2 atom stereocenters. The van der Waals surface area contributed by atoms with Gasteiger partial charge in [-0.1, -0.05) is 29.3 Å². The van der Waals surface area contributed by atoms with Gasteiger partial charge < -0.3 is 4.55 Å². The minimum Gasteiger partial charge on any atom is -0.598 e. The van der Waals surface area contributed by atoms with Crippen LogP contribution in [0.2, 0.25) is 10.0 Å². The van der Waals surface area contributed by atoms with E-state index < -0.39 is 33.9 Å². The molecule has 0 radical (unpaired) electrons. The lowest BCUT2D eigenvalue weighted by Gasteiger charge is -2.29. The highest BCUT2D eigenvalue weighted by molar-refractivity contribution is 7.90. The average Bonchev–Trinajstić information content (AvgIpc) is 2.53. The van der Waals surface area contributed by atoms with Gasteiger partial charge in [0.05, 0.1) is 21.3 Å². The van der Waals surface area contributed by atoms with E-state index in [1.807, 2.05) is 0 Å². The number of pyridine rings is 1. The number of nitrogens with one attached hydrogen (secondary N) is 1. The van der Waals surface area contributed by atoms with Crippen LogP contribution in [0.4, 0.5) is 13.2 Å². The first-order valence-electron chi connectivity index (χ1n) is 7.56. The lowest BCUT2D eigenvalue weighted by Crippen LogP contribution is -2.42. The van der Waals surface area contributed by atoms with Gasteiger partial charge >= 0.3 is 6.18 Å². The van der Waals surface area contributed by atoms with Gasteiger partial charge in [0, 0.05) is 17.6 Å². The third kappa shape index (κ3) is 5.04. The largest absolute Gasteiger partial charge is 0.598 e. The lowest BCUT2D eigenvalue weighted by atomic mass is 10.00. The van der Waals surface area contributed by atoms with Gasteiger partial charge in [-0.2, -0.15) is 13.2 Å². The molecule has 2 rings (SSSR count). The van der Waals surface area contributed by atoms with Crippen LogP contribution in [0.1, 0.15) is 43.6 Å². The zero-order valence-electron chi connectivity index (χ0n) is 14.2. The van der Waals surface area contributed by atoms with Crippen LogP contribution >= 0.6 is 23.2 Å². The Hall–Kier alpha value is -0.990. The van der Waals surface area contributed by atoms with E-state index in [0.717, 1.165) is 6.07 Å². The normalized spacial score (nSPS) is 15.0. The second-order valence-corrected chi connectivity index (χ2v) is 9.35. The van der Waals surface area contributed by atoms with Gasteiger partial charge in [-0.25, -0.2) is 0 Å². The molecule has 1 heterocycles. The summed E-state index contributed by atoms with van der Waals surface area (Å²) in [4.78, 5) is 3.92. The maximum atomic E-state index is 13.4. The van der Waals surface area contributed by atoms with Crippen molar-refractivity contribution in [3.05, 3.63) is 63.4 Å². The van der Waals surface area contributed by atoms with E-state index in [9.17, 15) is 17.7 Å². The van der Waals surface area contributed by atoms with Crippen molar-refractivity contribution in [1.82, 2.24) is 9.71 Å². The van der Waals surface area contributed by atoms with Crippen LogP contribution in [-0.2, 0) is 17.5 Å². The number of nitrogens with zero attached hydrogens (tertiary/aromatic N) is 1. The fraction of sp³-hybridized carbons (Fsp3) is 0.353. The molecule has 0 spiro atoms. The molecule has 26 heavy (non-hydrogen) atoms. The van der Waals surface area contributed by atoms with Crippen LogP contribution < -0.4 is 4.72 Å². The molecule has 9 heteroatoms. The Kier molecular flexibility index (Phi) is 6.51. The Balaban J connectivity index is 2.60. The summed E-state index contributed by atoms with van der Waals surface area (Å²) in [7, 11) is 0. The summed E-state index contributed by atoms with van der Waals surface area (Å²) in [6.07, 6.45) is -3.35. The van der Waals surface area contributed by atoms with Gasteiger partial charge in [0.1, 0.15) is 10.8 Å². The van der Waals surface area contributed by atoms with Gasteiger partial charge in [-0.3, -0.25) is 4.98 Å². The average molecular weight is 425 g/mol. The van der Waals surface area contributed by atoms with Crippen molar-refractivity contribution in [3.63, 3.8) is 0 Å². The van der Waals surface area contributed by atoms with Crippen LogP contribution in [0.3, 0.4) is 0 Å². The Morgan fingerprint density at radius 2 is 1.77 bits per heavy atom. The van der Waals surface area contributed by atoms with Gasteiger partial charge in [-0.05, 0) is 50.6 Å². The summed E-state index contributed by atoms with van der Waals surface area (Å²) < 4.78 is 55.0.